The normalized spacial score (nSPS) is 24.0. The van der Waals surface area contributed by atoms with Crippen LogP contribution in [0.1, 0.15) is 25.8 Å². The molecular weight excluding hydrogens is 191 g/mol. The van der Waals surface area contributed by atoms with Gasteiger partial charge in [-0.2, -0.15) is 0 Å². The monoisotopic (exact) mass is 208 g/mol. The minimum atomic E-state index is -0.150. The lowest BCUT2D eigenvalue weighted by Gasteiger charge is -2.37. The second-order valence-electron chi connectivity index (χ2n) is 4.54. The van der Waals surface area contributed by atoms with Gasteiger partial charge in [0.05, 0.1) is 16.9 Å². The molecule has 1 aliphatic heterocycles. The van der Waals surface area contributed by atoms with Gasteiger partial charge in [-0.25, -0.2) is 4.39 Å². The number of aryl methyl sites for hydroxylation is 1. The Bertz CT molecular complexity index is 389. The third-order valence-corrected chi connectivity index (χ3v) is 3.18. The van der Waals surface area contributed by atoms with Crippen LogP contribution in [-0.4, -0.2) is 12.1 Å². The third-order valence-electron chi connectivity index (χ3n) is 3.18. The predicted octanol–water partition coefficient (Wildman–Crippen LogP) is 3.14. The van der Waals surface area contributed by atoms with Crippen molar-refractivity contribution in [1.29, 1.82) is 0 Å². The SMILES string of the molecule is CCC1(C)CNc2cc(F)c(C)cc2N1. The van der Waals surface area contributed by atoms with E-state index in [1.54, 1.807) is 13.0 Å². The zero-order chi connectivity index (χ0) is 11.1. The Morgan fingerprint density at radius 1 is 1.40 bits per heavy atom. The molecule has 0 fully saturated rings. The van der Waals surface area contributed by atoms with Gasteiger partial charge in [-0.1, -0.05) is 6.92 Å². The summed E-state index contributed by atoms with van der Waals surface area (Å²) in [5.41, 5.74) is 2.62. The van der Waals surface area contributed by atoms with Gasteiger partial charge in [-0.15, -0.1) is 0 Å². The van der Waals surface area contributed by atoms with Crippen LogP contribution in [0.4, 0.5) is 15.8 Å². The van der Waals surface area contributed by atoms with Gasteiger partial charge < -0.3 is 10.6 Å². The summed E-state index contributed by atoms with van der Waals surface area (Å²) in [5.74, 6) is -0.150. The molecular formula is C12H17FN2. The van der Waals surface area contributed by atoms with Crippen LogP contribution in [0, 0.1) is 12.7 Å². The quantitative estimate of drug-likeness (QED) is 0.741. The molecule has 3 heteroatoms. The second kappa shape index (κ2) is 3.40. The Balaban J connectivity index is 2.38. The summed E-state index contributed by atoms with van der Waals surface area (Å²) in [6, 6.07) is 3.43. The maximum atomic E-state index is 13.3. The fourth-order valence-corrected chi connectivity index (χ4v) is 1.80. The Kier molecular flexibility index (Phi) is 2.33. The van der Waals surface area contributed by atoms with Crippen molar-refractivity contribution in [2.45, 2.75) is 32.7 Å². The fraction of sp³-hybridized carbons (Fsp3) is 0.500. The van der Waals surface area contributed by atoms with Crippen LogP contribution in [0.25, 0.3) is 0 Å². The van der Waals surface area contributed by atoms with Crippen molar-refractivity contribution in [2.24, 2.45) is 0 Å². The summed E-state index contributed by atoms with van der Waals surface area (Å²) >= 11 is 0. The average molecular weight is 208 g/mol. The van der Waals surface area contributed by atoms with E-state index in [0.29, 0.717) is 5.56 Å². The zero-order valence-electron chi connectivity index (χ0n) is 9.45. The van der Waals surface area contributed by atoms with Crippen molar-refractivity contribution >= 4 is 11.4 Å². The van der Waals surface area contributed by atoms with Gasteiger partial charge in [0.1, 0.15) is 5.82 Å². The lowest BCUT2D eigenvalue weighted by atomic mass is 9.95. The van der Waals surface area contributed by atoms with Gasteiger partial charge in [0.15, 0.2) is 0 Å². The molecule has 0 aromatic heterocycles. The standard InChI is InChI=1S/C12H17FN2/c1-4-12(3)7-14-10-6-9(13)8(2)5-11(10)15-12/h5-6,14-15H,4,7H2,1-3H3. The number of benzene rings is 1. The topological polar surface area (TPSA) is 24.1 Å². The molecule has 1 heterocycles. The fourth-order valence-electron chi connectivity index (χ4n) is 1.80. The molecule has 1 atom stereocenters. The van der Waals surface area contributed by atoms with Gasteiger partial charge in [-0.05, 0) is 38.0 Å². The van der Waals surface area contributed by atoms with Crippen LogP contribution in [-0.2, 0) is 0 Å². The Morgan fingerprint density at radius 3 is 2.80 bits per heavy atom. The summed E-state index contributed by atoms with van der Waals surface area (Å²) in [7, 11) is 0. The van der Waals surface area contributed by atoms with Crippen LogP contribution in [0.3, 0.4) is 0 Å². The van der Waals surface area contributed by atoms with E-state index in [4.69, 9.17) is 0 Å². The van der Waals surface area contributed by atoms with Crippen molar-refractivity contribution in [3.63, 3.8) is 0 Å². The zero-order valence-corrected chi connectivity index (χ0v) is 9.45. The first kappa shape index (κ1) is 10.3. The number of hydrogen-bond acceptors (Lipinski definition) is 2. The molecule has 0 bridgehead atoms. The predicted molar refractivity (Wildman–Crippen MR) is 61.9 cm³/mol. The molecule has 0 radical (unpaired) electrons. The van der Waals surface area contributed by atoms with Crippen molar-refractivity contribution in [1.82, 2.24) is 0 Å². The van der Waals surface area contributed by atoms with Crippen molar-refractivity contribution in [3.8, 4) is 0 Å². The minimum absolute atomic E-state index is 0.0667. The number of anilines is 2. The molecule has 2 rings (SSSR count). The maximum absolute atomic E-state index is 13.3. The Morgan fingerprint density at radius 2 is 2.13 bits per heavy atom. The van der Waals surface area contributed by atoms with Gasteiger partial charge in [0.2, 0.25) is 0 Å². The summed E-state index contributed by atoms with van der Waals surface area (Å²) in [6.45, 7) is 6.94. The first-order valence-corrected chi connectivity index (χ1v) is 5.36. The summed E-state index contributed by atoms with van der Waals surface area (Å²) < 4.78 is 13.3. The van der Waals surface area contributed by atoms with Gasteiger partial charge in [0, 0.05) is 6.54 Å². The van der Waals surface area contributed by atoms with Crippen molar-refractivity contribution in [3.05, 3.63) is 23.5 Å². The Labute approximate surface area is 89.9 Å². The molecule has 1 aromatic rings. The highest BCUT2D eigenvalue weighted by molar-refractivity contribution is 5.73. The molecule has 0 amide bonds. The number of rotatable bonds is 1. The van der Waals surface area contributed by atoms with E-state index in [9.17, 15) is 4.39 Å². The first-order valence-electron chi connectivity index (χ1n) is 5.36. The molecule has 15 heavy (non-hydrogen) atoms. The first-order chi connectivity index (χ1) is 7.04. The highest BCUT2D eigenvalue weighted by Crippen LogP contribution is 2.33. The highest BCUT2D eigenvalue weighted by Gasteiger charge is 2.27. The molecule has 2 nitrogen and oxygen atoms in total. The van der Waals surface area contributed by atoms with E-state index < -0.39 is 0 Å². The molecule has 2 N–H and O–H groups in total. The smallest absolute Gasteiger partial charge is 0.128 e. The molecule has 82 valence electrons. The number of hydrogen-bond donors (Lipinski definition) is 2. The Hall–Kier alpha value is -1.25. The molecule has 1 unspecified atom stereocenters. The molecule has 0 spiro atoms. The van der Waals surface area contributed by atoms with Gasteiger partial charge >= 0.3 is 0 Å². The van der Waals surface area contributed by atoms with Gasteiger partial charge in [-0.3, -0.25) is 0 Å². The van der Waals surface area contributed by atoms with Crippen molar-refractivity contribution in [2.75, 3.05) is 17.2 Å². The highest BCUT2D eigenvalue weighted by atomic mass is 19.1. The molecule has 1 aromatic carbocycles. The van der Waals surface area contributed by atoms with E-state index in [1.807, 2.05) is 6.07 Å². The van der Waals surface area contributed by atoms with E-state index in [2.05, 4.69) is 24.5 Å². The second-order valence-corrected chi connectivity index (χ2v) is 4.54. The van der Waals surface area contributed by atoms with E-state index in [1.165, 1.54) is 0 Å². The van der Waals surface area contributed by atoms with Crippen LogP contribution in [0.15, 0.2) is 12.1 Å². The van der Waals surface area contributed by atoms with Crippen LogP contribution in [0.5, 0.6) is 0 Å². The molecule has 1 aliphatic rings. The summed E-state index contributed by atoms with van der Waals surface area (Å²) in [5, 5.41) is 6.73. The number of halogens is 1. The molecule has 0 saturated carbocycles. The number of fused-ring (bicyclic) bond motifs is 1. The third kappa shape index (κ3) is 1.78. The van der Waals surface area contributed by atoms with Crippen LogP contribution in [0.2, 0.25) is 0 Å². The largest absolute Gasteiger partial charge is 0.381 e. The van der Waals surface area contributed by atoms with E-state index in [0.717, 1.165) is 24.3 Å². The van der Waals surface area contributed by atoms with E-state index >= 15 is 0 Å². The lowest BCUT2D eigenvalue weighted by Crippen LogP contribution is -2.44. The lowest BCUT2D eigenvalue weighted by molar-refractivity contribution is 0.512. The summed E-state index contributed by atoms with van der Waals surface area (Å²) in [6.07, 6.45) is 1.04. The number of nitrogens with one attached hydrogen (secondary N) is 2. The average Bonchev–Trinajstić information content (AvgIpc) is 2.21. The van der Waals surface area contributed by atoms with Crippen molar-refractivity contribution < 1.29 is 4.39 Å². The maximum Gasteiger partial charge on any atom is 0.128 e. The molecule has 0 aliphatic carbocycles. The van der Waals surface area contributed by atoms with Crippen LogP contribution >= 0.6 is 0 Å². The van der Waals surface area contributed by atoms with Crippen LogP contribution < -0.4 is 10.6 Å². The molecule has 0 saturated heterocycles. The van der Waals surface area contributed by atoms with E-state index in [-0.39, 0.29) is 11.4 Å². The minimum Gasteiger partial charge on any atom is -0.381 e. The van der Waals surface area contributed by atoms with Gasteiger partial charge in [0.25, 0.3) is 0 Å². The summed E-state index contributed by atoms with van der Waals surface area (Å²) in [4.78, 5) is 0.